The fraction of sp³-hybridized carbons (Fsp3) is 0. The van der Waals surface area contributed by atoms with Gasteiger partial charge in [-0.15, -0.1) is 0 Å². The fourth-order valence-corrected chi connectivity index (χ4v) is 2.83. The number of phenols is 2. The smallest absolute Gasteiger partial charge is 0.323 e. The Morgan fingerprint density at radius 1 is 0.594 bits per heavy atom. The van der Waals surface area contributed by atoms with E-state index in [0.717, 1.165) is 0 Å². The molecule has 160 valence electrons. The highest BCUT2D eigenvalue weighted by Gasteiger charge is 2.06. The lowest BCUT2D eigenvalue weighted by Gasteiger charge is -2.10. The Morgan fingerprint density at radius 2 is 1.06 bits per heavy atom. The van der Waals surface area contributed by atoms with Gasteiger partial charge in [0.25, 0.3) is 0 Å². The summed E-state index contributed by atoms with van der Waals surface area (Å²) in [6.07, 6.45) is 0. The molecule has 4 aromatic carbocycles. The van der Waals surface area contributed by atoms with Crippen molar-refractivity contribution in [3.05, 3.63) is 97.1 Å². The number of rotatable bonds is 6. The number of carbonyl (C=O) groups is 1. The maximum atomic E-state index is 12.3. The van der Waals surface area contributed by atoms with Crippen molar-refractivity contribution in [3.63, 3.8) is 0 Å². The second kappa shape index (κ2) is 9.44. The van der Waals surface area contributed by atoms with Crippen molar-refractivity contribution in [3.8, 4) is 34.5 Å². The Labute approximate surface area is 184 Å². The quantitative estimate of drug-likeness (QED) is 0.288. The monoisotopic (exact) mass is 428 g/mol. The molecule has 0 unspecified atom stereocenters. The van der Waals surface area contributed by atoms with E-state index in [1.807, 2.05) is 0 Å². The molecule has 0 atom stereocenters. The minimum Gasteiger partial charge on any atom is -0.508 e. The van der Waals surface area contributed by atoms with Crippen LogP contribution < -0.4 is 20.1 Å². The maximum Gasteiger partial charge on any atom is 0.323 e. The molecule has 0 aliphatic carbocycles. The van der Waals surface area contributed by atoms with E-state index in [2.05, 4.69) is 10.6 Å². The van der Waals surface area contributed by atoms with Gasteiger partial charge in [0.05, 0.1) is 0 Å². The standard InChI is InChI=1S/C25H20N2O5/c28-19-9-15-21(16-10-19)31-20-11-5-17(6-12-20)26-25(30)27-18-7-13-22(14-8-18)32-24-4-2-1-3-23(24)29/h1-16,28-29H,(H2,26,27,30). The van der Waals surface area contributed by atoms with Crippen LogP contribution in [0.25, 0.3) is 0 Å². The van der Waals surface area contributed by atoms with Gasteiger partial charge in [0.2, 0.25) is 0 Å². The zero-order valence-corrected chi connectivity index (χ0v) is 16.9. The molecule has 0 heterocycles. The molecule has 4 rings (SSSR count). The molecular weight excluding hydrogens is 408 g/mol. The summed E-state index contributed by atoms with van der Waals surface area (Å²) in [5.74, 6) is 2.29. The van der Waals surface area contributed by atoms with Gasteiger partial charge in [-0.25, -0.2) is 4.79 Å². The summed E-state index contributed by atoms with van der Waals surface area (Å²) in [5.41, 5.74) is 1.18. The average Bonchev–Trinajstić information content (AvgIpc) is 2.79. The normalized spacial score (nSPS) is 10.2. The van der Waals surface area contributed by atoms with Crippen molar-refractivity contribution in [2.24, 2.45) is 0 Å². The number of amides is 2. The Bertz CT molecular complexity index is 1190. The van der Waals surface area contributed by atoms with Crippen LogP contribution in [-0.2, 0) is 0 Å². The minimum atomic E-state index is -0.397. The topological polar surface area (TPSA) is 100 Å². The molecule has 7 heteroatoms. The summed E-state index contributed by atoms with van der Waals surface area (Å²) in [4.78, 5) is 12.3. The number of phenolic OH excluding ortho intramolecular Hbond substituents is 2. The predicted molar refractivity (Wildman–Crippen MR) is 122 cm³/mol. The molecule has 4 N–H and O–H groups in total. The van der Waals surface area contributed by atoms with Crippen LogP contribution in [0.3, 0.4) is 0 Å². The van der Waals surface area contributed by atoms with Gasteiger partial charge in [-0.05, 0) is 84.9 Å². The van der Waals surface area contributed by atoms with Crippen LogP contribution in [0.5, 0.6) is 34.5 Å². The molecule has 0 spiro atoms. The molecule has 32 heavy (non-hydrogen) atoms. The second-order valence-electron chi connectivity index (χ2n) is 6.79. The molecule has 0 fully saturated rings. The predicted octanol–water partition coefficient (Wildman–Crippen LogP) is 6.33. The van der Waals surface area contributed by atoms with E-state index in [-0.39, 0.29) is 11.5 Å². The number of ether oxygens (including phenoxy) is 2. The van der Waals surface area contributed by atoms with Crippen molar-refractivity contribution >= 4 is 17.4 Å². The Kier molecular flexibility index (Phi) is 6.08. The number of hydrogen-bond donors (Lipinski definition) is 4. The molecule has 0 aliphatic rings. The highest BCUT2D eigenvalue weighted by molar-refractivity contribution is 5.99. The number of carbonyl (C=O) groups excluding carboxylic acids is 1. The number of nitrogens with one attached hydrogen (secondary N) is 2. The van der Waals surface area contributed by atoms with Gasteiger partial charge >= 0.3 is 6.03 Å². The minimum absolute atomic E-state index is 0.0496. The van der Waals surface area contributed by atoms with Crippen LogP contribution in [-0.4, -0.2) is 16.2 Å². The number of benzene rings is 4. The molecule has 0 saturated heterocycles. The summed E-state index contributed by atoms with van der Waals surface area (Å²) in [6, 6.07) is 26.4. The summed E-state index contributed by atoms with van der Waals surface area (Å²) < 4.78 is 11.3. The summed E-state index contributed by atoms with van der Waals surface area (Å²) >= 11 is 0. The third-order valence-corrected chi connectivity index (χ3v) is 4.39. The molecule has 7 nitrogen and oxygen atoms in total. The third-order valence-electron chi connectivity index (χ3n) is 4.39. The van der Waals surface area contributed by atoms with Crippen molar-refractivity contribution in [2.45, 2.75) is 0 Å². The zero-order valence-electron chi connectivity index (χ0n) is 16.9. The largest absolute Gasteiger partial charge is 0.508 e. The van der Waals surface area contributed by atoms with Crippen LogP contribution in [0, 0.1) is 0 Å². The van der Waals surface area contributed by atoms with Crippen LogP contribution in [0.4, 0.5) is 16.2 Å². The van der Waals surface area contributed by atoms with E-state index in [1.165, 1.54) is 0 Å². The van der Waals surface area contributed by atoms with Gasteiger partial charge in [0, 0.05) is 11.4 Å². The zero-order chi connectivity index (χ0) is 22.3. The van der Waals surface area contributed by atoms with Crippen LogP contribution in [0.2, 0.25) is 0 Å². The van der Waals surface area contributed by atoms with Gasteiger partial charge in [-0.3, -0.25) is 0 Å². The van der Waals surface area contributed by atoms with Crippen molar-refractivity contribution in [1.82, 2.24) is 0 Å². The molecule has 0 aliphatic heterocycles. The highest BCUT2D eigenvalue weighted by atomic mass is 16.5. The van der Waals surface area contributed by atoms with Gasteiger partial charge in [0.1, 0.15) is 23.0 Å². The van der Waals surface area contributed by atoms with E-state index >= 15 is 0 Å². The van der Waals surface area contributed by atoms with Crippen molar-refractivity contribution < 1.29 is 24.5 Å². The summed E-state index contributed by atoms with van der Waals surface area (Å²) in [7, 11) is 0. The average molecular weight is 428 g/mol. The van der Waals surface area contributed by atoms with E-state index in [9.17, 15) is 15.0 Å². The second-order valence-corrected chi connectivity index (χ2v) is 6.79. The number of urea groups is 1. The van der Waals surface area contributed by atoms with E-state index in [4.69, 9.17) is 9.47 Å². The number of anilines is 2. The summed E-state index contributed by atoms with van der Waals surface area (Å²) in [6.45, 7) is 0. The maximum absolute atomic E-state index is 12.3. The van der Waals surface area contributed by atoms with Gasteiger partial charge in [-0.1, -0.05) is 12.1 Å². The van der Waals surface area contributed by atoms with E-state index in [0.29, 0.717) is 34.4 Å². The lowest BCUT2D eigenvalue weighted by atomic mass is 10.3. The van der Waals surface area contributed by atoms with Crippen LogP contribution in [0.1, 0.15) is 0 Å². The van der Waals surface area contributed by atoms with Crippen LogP contribution >= 0.6 is 0 Å². The first-order valence-corrected chi connectivity index (χ1v) is 9.76. The van der Waals surface area contributed by atoms with E-state index < -0.39 is 6.03 Å². The Hall–Kier alpha value is -4.65. The number of para-hydroxylation sites is 2. The summed E-state index contributed by atoms with van der Waals surface area (Å²) in [5, 5.41) is 24.6. The van der Waals surface area contributed by atoms with Crippen LogP contribution in [0.15, 0.2) is 97.1 Å². The molecule has 2 amide bonds. The lowest BCUT2D eigenvalue weighted by Crippen LogP contribution is -2.19. The lowest BCUT2D eigenvalue weighted by molar-refractivity contribution is 0.262. The molecule has 0 radical (unpaired) electrons. The van der Waals surface area contributed by atoms with Crippen molar-refractivity contribution in [2.75, 3.05) is 10.6 Å². The molecule has 0 aromatic heterocycles. The molecular formula is C25H20N2O5. The first-order chi connectivity index (χ1) is 15.5. The number of hydrogen-bond acceptors (Lipinski definition) is 5. The Morgan fingerprint density at radius 3 is 1.59 bits per heavy atom. The fourth-order valence-electron chi connectivity index (χ4n) is 2.83. The number of aromatic hydroxyl groups is 2. The van der Waals surface area contributed by atoms with Gasteiger partial charge in [0.15, 0.2) is 11.5 Å². The molecule has 4 aromatic rings. The first-order valence-electron chi connectivity index (χ1n) is 9.76. The molecule has 0 bridgehead atoms. The highest BCUT2D eigenvalue weighted by Crippen LogP contribution is 2.30. The Balaban J connectivity index is 1.30. The van der Waals surface area contributed by atoms with Gasteiger partial charge in [-0.2, -0.15) is 0 Å². The first kappa shape index (κ1) is 20.6. The van der Waals surface area contributed by atoms with E-state index in [1.54, 1.807) is 97.1 Å². The third kappa shape index (κ3) is 5.48. The SMILES string of the molecule is O=C(Nc1ccc(Oc2ccc(O)cc2)cc1)Nc1ccc(Oc2ccccc2O)cc1. The molecule has 0 saturated carbocycles. The van der Waals surface area contributed by atoms with Crippen molar-refractivity contribution in [1.29, 1.82) is 0 Å². The van der Waals surface area contributed by atoms with Gasteiger partial charge < -0.3 is 30.3 Å².